The van der Waals surface area contributed by atoms with Gasteiger partial charge in [0, 0.05) is 27.8 Å². The van der Waals surface area contributed by atoms with Crippen LogP contribution in [0.3, 0.4) is 0 Å². The van der Waals surface area contributed by atoms with Crippen molar-refractivity contribution < 1.29 is 0 Å². The maximum Gasteiger partial charge on any atom is 0.257 e. The number of imidazole rings is 1. The number of pyridine rings is 1. The first kappa shape index (κ1) is 14.3. The van der Waals surface area contributed by atoms with Crippen molar-refractivity contribution in [2.75, 3.05) is 12.4 Å². The van der Waals surface area contributed by atoms with Crippen LogP contribution < -0.4 is 10.9 Å². The Kier molecular flexibility index (Phi) is 3.33. The predicted molar refractivity (Wildman–Crippen MR) is 101 cm³/mol. The van der Waals surface area contributed by atoms with Gasteiger partial charge in [0.2, 0.25) is 5.95 Å². The molecular formula is C17H13IN4O. The number of anilines is 1. The standard InChI is InChI=1S/C17H13IN4O/c1-19-14-9-15-10(8-11(14)18)6-7-16(23)22(15)17-20-12-4-2-3-5-13(12)21-17/h2-9,19H,1H3,(H,20,21). The fourth-order valence-electron chi connectivity index (χ4n) is 2.71. The summed E-state index contributed by atoms with van der Waals surface area (Å²) in [7, 11) is 1.87. The fraction of sp³-hybridized carbons (Fsp3) is 0.0588. The second-order valence-electron chi connectivity index (χ2n) is 5.23. The van der Waals surface area contributed by atoms with Crippen LogP contribution in [0.25, 0.3) is 27.9 Å². The first-order chi connectivity index (χ1) is 11.2. The van der Waals surface area contributed by atoms with Crippen molar-refractivity contribution >= 4 is 50.2 Å². The van der Waals surface area contributed by atoms with Gasteiger partial charge in [-0.05, 0) is 52.9 Å². The maximum absolute atomic E-state index is 12.5. The smallest absolute Gasteiger partial charge is 0.257 e. The predicted octanol–water partition coefficient (Wildman–Crippen LogP) is 3.51. The summed E-state index contributed by atoms with van der Waals surface area (Å²) in [5.74, 6) is 0.532. The lowest BCUT2D eigenvalue weighted by Gasteiger charge is -2.10. The molecule has 0 radical (unpaired) electrons. The molecule has 23 heavy (non-hydrogen) atoms. The molecule has 0 fully saturated rings. The fourth-order valence-corrected chi connectivity index (χ4v) is 3.47. The summed E-state index contributed by atoms with van der Waals surface area (Å²) in [4.78, 5) is 20.3. The van der Waals surface area contributed by atoms with Crippen molar-refractivity contribution in [1.82, 2.24) is 14.5 Å². The average Bonchev–Trinajstić information content (AvgIpc) is 2.97. The van der Waals surface area contributed by atoms with Crippen LogP contribution in [0.4, 0.5) is 5.69 Å². The van der Waals surface area contributed by atoms with E-state index in [2.05, 4.69) is 43.9 Å². The van der Waals surface area contributed by atoms with Crippen LogP contribution in [-0.4, -0.2) is 21.6 Å². The molecule has 0 saturated heterocycles. The summed E-state index contributed by atoms with van der Waals surface area (Å²) < 4.78 is 2.72. The number of fused-ring (bicyclic) bond motifs is 2. The van der Waals surface area contributed by atoms with E-state index in [9.17, 15) is 4.79 Å². The number of hydrogen-bond donors (Lipinski definition) is 2. The number of para-hydroxylation sites is 2. The van der Waals surface area contributed by atoms with E-state index in [0.29, 0.717) is 5.95 Å². The Morgan fingerprint density at radius 2 is 2.00 bits per heavy atom. The van der Waals surface area contributed by atoms with E-state index >= 15 is 0 Å². The number of nitrogens with zero attached hydrogens (tertiary/aromatic N) is 2. The quantitative estimate of drug-likeness (QED) is 0.492. The van der Waals surface area contributed by atoms with Crippen molar-refractivity contribution in [3.05, 3.63) is 62.5 Å². The normalized spacial score (nSPS) is 11.2. The number of benzene rings is 2. The molecule has 114 valence electrons. The van der Waals surface area contributed by atoms with Gasteiger partial charge in [-0.15, -0.1) is 0 Å². The monoisotopic (exact) mass is 416 g/mol. The summed E-state index contributed by atoms with van der Waals surface area (Å²) in [5, 5.41) is 4.15. The van der Waals surface area contributed by atoms with Crippen molar-refractivity contribution in [2.45, 2.75) is 0 Å². The lowest BCUT2D eigenvalue weighted by atomic mass is 10.2. The highest BCUT2D eigenvalue weighted by Gasteiger charge is 2.11. The van der Waals surface area contributed by atoms with Crippen LogP contribution in [0.2, 0.25) is 0 Å². The molecule has 0 atom stereocenters. The van der Waals surface area contributed by atoms with E-state index in [1.165, 1.54) is 0 Å². The second-order valence-corrected chi connectivity index (χ2v) is 6.39. The SMILES string of the molecule is CNc1cc2c(ccc(=O)n2-c2nc3ccccc3[nH]2)cc1I. The van der Waals surface area contributed by atoms with Crippen molar-refractivity contribution in [3.63, 3.8) is 0 Å². The van der Waals surface area contributed by atoms with Crippen LogP contribution in [0, 0.1) is 3.57 Å². The highest BCUT2D eigenvalue weighted by molar-refractivity contribution is 14.1. The molecule has 0 spiro atoms. The number of H-pyrrole nitrogens is 1. The highest BCUT2D eigenvalue weighted by atomic mass is 127. The van der Waals surface area contributed by atoms with E-state index in [4.69, 9.17) is 0 Å². The summed E-state index contributed by atoms with van der Waals surface area (Å²) in [6, 6.07) is 15.2. The molecule has 2 aromatic carbocycles. The number of rotatable bonds is 2. The van der Waals surface area contributed by atoms with Crippen molar-refractivity contribution in [1.29, 1.82) is 0 Å². The van der Waals surface area contributed by atoms with Crippen molar-refractivity contribution in [3.8, 4) is 5.95 Å². The zero-order chi connectivity index (χ0) is 16.0. The van der Waals surface area contributed by atoms with Crippen LogP contribution in [0.1, 0.15) is 0 Å². The van der Waals surface area contributed by atoms with Crippen LogP contribution >= 0.6 is 22.6 Å². The second kappa shape index (κ2) is 5.38. The largest absolute Gasteiger partial charge is 0.387 e. The van der Waals surface area contributed by atoms with Gasteiger partial charge in [0.15, 0.2) is 0 Å². The van der Waals surface area contributed by atoms with E-state index < -0.39 is 0 Å². The Labute approximate surface area is 145 Å². The third-order valence-electron chi connectivity index (χ3n) is 3.84. The number of hydrogen-bond acceptors (Lipinski definition) is 3. The van der Waals surface area contributed by atoms with E-state index in [1.807, 2.05) is 43.4 Å². The minimum Gasteiger partial charge on any atom is -0.387 e. The van der Waals surface area contributed by atoms with E-state index in [0.717, 1.165) is 31.2 Å². The lowest BCUT2D eigenvalue weighted by Crippen LogP contribution is -2.18. The van der Waals surface area contributed by atoms with Crippen LogP contribution in [0.15, 0.2) is 53.3 Å². The molecule has 0 aliphatic carbocycles. The third kappa shape index (κ3) is 2.29. The lowest BCUT2D eigenvalue weighted by molar-refractivity contribution is 0.960. The van der Waals surface area contributed by atoms with Crippen molar-refractivity contribution in [2.24, 2.45) is 0 Å². The zero-order valence-electron chi connectivity index (χ0n) is 12.3. The first-order valence-corrected chi connectivity index (χ1v) is 8.23. The minimum atomic E-state index is -0.111. The topological polar surface area (TPSA) is 62.7 Å². The Balaban J connectivity index is 2.08. The average molecular weight is 416 g/mol. The summed E-state index contributed by atoms with van der Waals surface area (Å²) in [5.41, 5.74) is 3.44. The number of nitrogens with one attached hydrogen (secondary N) is 2. The van der Waals surface area contributed by atoms with Gasteiger partial charge in [0.1, 0.15) is 0 Å². The molecule has 6 heteroatoms. The van der Waals surface area contributed by atoms with Crippen LogP contribution in [-0.2, 0) is 0 Å². The molecule has 2 heterocycles. The van der Waals surface area contributed by atoms with E-state index in [-0.39, 0.29) is 5.56 Å². The molecule has 2 aromatic heterocycles. The van der Waals surface area contributed by atoms with Gasteiger partial charge in [0.05, 0.1) is 16.6 Å². The molecule has 0 amide bonds. The Morgan fingerprint density at radius 1 is 1.17 bits per heavy atom. The molecule has 4 rings (SSSR count). The Morgan fingerprint density at radius 3 is 2.78 bits per heavy atom. The summed E-state index contributed by atoms with van der Waals surface area (Å²) >= 11 is 2.28. The molecule has 0 saturated carbocycles. The molecular weight excluding hydrogens is 403 g/mol. The van der Waals surface area contributed by atoms with Gasteiger partial charge in [-0.25, -0.2) is 9.55 Å². The minimum absolute atomic E-state index is 0.111. The molecule has 5 nitrogen and oxygen atoms in total. The van der Waals surface area contributed by atoms with Gasteiger partial charge in [-0.2, -0.15) is 0 Å². The Bertz CT molecular complexity index is 1060. The van der Waals surface area contributed by atoms with Gasteiger partial charge >= 0.3 is 0 Å². The first-order valence-electron chi connectivity index (χ1n) is 7.15. The molecule has 0 unspecified atom stereocenters. The number of halogens is 1. The summed E-state index contributed by atoms with van der Waals surface area (Å²) in [6.07, 6.45) is 0. The summed E-state index contributed by atoms with van der Waals surface area (Å²) in [6.45, 7) is 0. The maximum atomic E-state index is 12.5. The number of aromatic nitrogens is 3. The van der Waals surface area contributed by atoms with Gasteiger partial charge in [-0.1, -0.05) is 12.1 Å². The van der Waals surface area contributed by atoms with Gasteiger partial charge in [-0.3, -0.25) is 4.79 Å². The molecule has 0 aliphatic heterocycles. The van der Waals surface area contributed by atoms with E-state index in [1.54, 1.807) is 10.6 Å². The zero-order valence-corrected chi connectivity index (χ0v) is 14.5. The molecule has 0 aliphatic rings. The third-order valence-corrected chi connectivity index (χ3v) is 4.73. The van der Waals surface area contributed by atoms with Gasteiger partial charge in [0.25, 0.3) is 5.56 Å². The number of aromatic amines is 1. The van der Waals surface area contributed by atoms with Crippen LogP contribution in [0.5, 0.6) is 0 Å². The molecule has 2 N–H and O–H groups in total. The Hall–Kier alpha value is -2.35. The highest BCUT2D eigenvalue weighted by Crippen LogP contribution is 2.26. The van der Waals surface area contributed by atoms with Gasteiger partial charge < -0.3 is 10.3 Å². The molecule has 0 bridgehead atoms. The molecule has 4 aromatic rings.